The topological polar surface area (TPSA) is 72.5 Å². The van der Waals surface area contributed by atoms with Crippen LogP contribution in [0.4, 0.5) is 0 Å². The van der Waals surface area contributed by atoms with E-state index in [1.807, 2.05) is 13.8 Å². The van der Waals surface area contributed by atoms with E-state index in [2.05, 4.69) is 0 Å². The van der Waals surface area contributed by atoms with Gasteiger partial charge in [0.25, 0.3) is 0 Å². The van der Waals surface area contributed by atoms with E-state index in [1.165, 1.54) is 0 Å². The first kappa shape index (κ1) is 11.5. The Balaban J connectivity index is 2.97. The van der Waals surface area contributed by atoms with E-state index in [0.29, 0.717) is 12.2 Å². The molecule has 1 atom stereocenters. The fraction of sp³-hybridized carbons (Fsp3) is 0.364. The van der Waals surface area contributed by atoms with Gasteiger partial charge in [-0.25, -0.2) is 0 Å². The van der Waals surface area contributed by atoms with Crippen molar-refractivity contribution in [2.24, 2.45) is 5.73 Å². The molecule has 1 aromatic rings. The van der Waals surface area contributed by atoms with E-state index in [-0.39, 0.29) is 0 Å². The lowest BCUT2D eigenvalue weighted by atomic mass is 10.0. The highest BCUT2D eigenvalue weighted by atomic mass is 16.5. The molecule has 82 valence electrons. The lowest BCUT2D eigenvalue weighted by Gasteiger charge is -2.12. The van der Waals surface area contributed by atoms with Gasteiger partial charge in [0, 0.05) is 0 Å². The van der Waals surface area contributed by atoms with E-state index in [0.717, 1.165) is 11.3 Å². The Hall–Kier alpha value is -1.55. The minimum Gasteiger partial charge on any atom is -0.494 e. The number of carboxylic acid groups (broad SMARTS) is 1. The maximum Gasteiger partial charge on any atom is 0.325 e. The van der Waals surface area contributed by atoms with Crippen LogP contribution in [0.5, 0.6) is 5.75 Å². The molecule has 1 rings (SSSR count). The number of carbonyl (C=O) groups is 1. The normalized spacial score (nSPS) is 12.2. The molecule has 0 saturated heterocycles. The lowest BCUT2D eigenvalue weighted by Crippen LogP contribution is -2.21. The van der Waals surface area contributed by atoms with Crippen LogP contribution in [0.25, 0.3) is 0 Å². The summed E-state index contributed by atoms with van der Waals surface area (Å²) >= 11 is 0. The first-order chi connectivity index (χ1) is 7.06. The molecule has 0 heterocycles. The van der Waals surface area contributed by atoms with Gasteiger partial charge in [0.05, 0.1) is 6.61 Å². The van der Waals surface area contributed by atoms with Gasteiger partial charge in [-0.05, 0) is 37.1 Å². The van der Waals surface area contributed by atoms with Gasteiger partial charge in [-0.1, -0.05) is 6.07 Å². The highest BCUT2D eigenvalue weighted by Crippen LogP contribution is 2.21. The van der Waals surface area contributed by atoms with Crippen LogP contribution in [0.15, 0.2) is 18.2 Å². The Labute approximate surface area is 88.7 Å². The first-order valence-corrected chi connectivity index (χ1v) is 4.78. The Morgan fingerprint density at radius 3 is 2.73 bits per heavy atom. The molecule has 0 aliphatic rings. The molecule has 3 N–H and O–H groups in total. The van der Waals surface area contributed by atoms with Gasteiger partial charge < -0.3 is 15.6 Å². The molecule has 0 amide bonds. The predicted molar refractivity (Wildman–Crippen MR) is 56.9 cm³/mol. The van der Waals surface area contributed by atoms with Crippen molar-refractivity contribution in [1.82, 2.24) is 0 Å². The minimum absolute atomic E-state index is 0.587. The van der Waals surface area contributed by atoms with Gasteiger partial charge in [-0.2, -0.15) is 0 Å². The molecule has 4 nitrogen and oxygen atoms in total. The first-order valence-electron chi connectivity index (χ1n) is 4.78. The SMILES string of the molecule is CCOc1ccc(C(N)C(=O)O)c(C)c1. The molecule has 1 unspecified atom stereocenters. The van der Waals surface area contributed by atoms with Gasteiger partial charge >= 0.3 is 5.97 Å². The predicted octanol–water partition coefficient (Wildman–Crippen LogP) is 1.48. The second kappa shape index (κ2) is 4.79. The molecule has 0 radical (unpaired) electrons. The van der Waals surface area contributed by atoms with Gasteiger partial charge in [0.15, 0.2) is 0 Å². The maximum atomic E-state index is 10.7. The summed E-state index contributed by atoms with van der Waals surface area (Å²) in [6.45, 7) is 4.30. The molecule has 0 bridgehead atoms. The van der Waals surface area contributed by atoms with E-state index < -0.39 is 12.0 Å². The van der Waals surface area contributed by atoms with Gasteiger partial charge in [0.1, 0.15) is 11.8 Å². The molecule has 1 aromatic carbocycles. The van der Waals surface area contributed by atoms with Gasteiger partial charge in [-0.15, -0.1) is 0 Å². The molecule has 0 aliphatic heterocycles. The maximum absolute atomic E-state index is 10.7. The molecule has 0 fully saturated rings. The second-order valence-corrected chi connectivity index (χ2v) is 3.27. The number of benzene rings is 1. The van der Waals surface area contributed by atoms with Crippen LogP contribution in [0.3, 0.4) is 0 Å². The number of nitrogens with two attached hydrogens (primary N) is 1. The van der Waals surface area contributed by atoms with Crippen LogP contribution >= 0.6 is 0 Å². The van der Waals surface area contributed by atoms with Crippen LogP contribution in [0.1, 0.15) is 24.1 Å². The standard InChI is InChI=1S/C11H15NO3/c1-3-15-8-4-5-9(7(2)6-8)10(12)11(13)14/h4-6,10H,3,12H2,1-2H3,(H,13,14). The van der Waals surface area contributed by atoms with Crippen molar-refractivity contribution >= 4 is 5.97 Å². The lowest BCUT2D eigenvalue weighted by molar-refractivity contribution is -0.138. The fourth-order valence-electron chi connectivity index (χ4n) is 1.39. The third kappa shape index (κ3) is 2.70. The molecule has 15 heavy (non-hydrogen) atoms. The number of hydrogen-bond acceptors (Lipinski definition) is 3. The summed E-state index contributed by atoms with van der Waals surface area (Å²) in [5, 5.41) is 8.78. The number of hydrogen-bond donors (Lipinski definition) is 2. The summed E-state index contributed by atoms with van der Waals surface area (Å²) in [6, 6.07) is 4.25. The smallest absolute Gasteiger partial charge is 0.325 e. The Bertz CT molecular complexity index is 363. The van der Waals surface area contributed by atoms with Crippen LogP contribution in [0.2, 0.25) is 0 Å². The van der Waals surface area contributed by atoms with Crippen LogP contribution in [-0.4, -0.2) is 17.7 Å². The van der Waals surface area contributed by atoms with Crippen LogP contribution in [-0.2, 0) is 4.79 Å². The number of rotatable bonds is 4. The highest BCUT2D eigenvalue weighted by molar-refractivity contribution is 5.75. The molecular weight excluding hydrogens is 194 g/mol. The quantitative estimate of drug-likeness (QED) is 0.787. The third-order valence-corrected chi connectivity index (χ3v) is 2.15. The van der Waals surface area contributed by atoms with Crippen molar-refractivity contribution in [2.45, 2.75) is 19.9 Å². The summed E-state index contributed by atoms with van der Waals surface area (Å²) in [6.07, 6.45) is 0. The molecule has 4 heteroatoms. The van der Waals surface area contributed by atoms with Crippen molar-refractivity contribution in [2.75, 3.05) is 6.61 Å². The van der Waals surface area contributed by atoms with Crippen molar-refractivity contribution in [3.8, 4) is 5.75 Å². The van der Waals surface area contributed by atoms with E-state index in [9.17, 15) is 4.79 Å². The zero-order valence-electron chi connectivity index (χ0n) is 8.86. The molecular formula is C11H15NO3. The Morgan fingerprint density at radius 2 is 2.27 bits per heavy atom. The van der Waals surface area contributed by atoms with E-state index in [1.54, 1.807) is 18.2 Å². The minimum atomic E-state index is -1.03. The van der Waals surface area contributed by atoms with Gasteiger partial charge in [0.2, 0.25) is 0 Å². The monoisotopic (exact) mass is 209 g/mol. The van der Waals surface area contributed by atoms with Gasteiger partial charge in [-0.3, -0.25) is 4.79 Å². The number of carboxylic acids is 1. The number of aryl methyl sites for hydroxylation is 1. The summed E-state index contributed by atoms with van der Waals surface area (Å²) in [7, 11) is 0. The van der Waals surface area contributed by atoms with Crippen molar-refractivity contribution < 1.29 is 14.6 Å². The van der Waals surface area contributed by atoms with Crippen molar-refractivity contribution in [3.63, 3.8) is 0 Å². The zero-order chi connectivity index (χ0) is 11.4. The van der Waals surface area contributed by atoms with Crippen LogP contribution < -0.4 is 10.5 Å². The van der Waals surface area contributed by atoms with Crippen molar-refractivity contribution in [1.29, 1.82) is 0 Å². The fourth-order valence-corrected chi connectivity index (χ4v) is 1.39. The van der Waals surface area contributed by atoms with Crippen molar-refractivity contribution in [3.05, 3.63) is 29.3 Å². The summed E-state index contributed by atoms with van der Waals surface area (Å²) < 4.78 is 5.29. The van der Waals surface area contributed by atoms with E-state index in [4.69, 9.17) is 15.6 Å². The summed E-state index contributed by atoms with van der Waals surface area (Å²) in [5.74, 6) is -0.293. The van der Waals surface area contributed by atoms with E-state index >= 15 is 0 Å². The average Bonchev–Trinajstić information content (AvgIpc) is 2.17. The second-order valence-electron chi connectivity index (χ2n) is 3.27. The zero-order valence-corrected chi connectivity index (χ0v) is 8.86. The molecule has 0 spiro atoms. The number of ether oxygens (including phenoxy) is 1. The average molecular weight is 209 g/mol. The van der Waals surface area contributed by atoms with Crippen LogP contribution in [0, 0.1) is 6.92 Å². The number of aliphatic carboxylic acids is 1. The molecule has 0 aromatic heterocycles. The largest absolute Gasteiger partial charge is 0.494 e. The summed E-state index contributed by atoms with van der Waals surface area (Å²) in [5.41, 5.74) is 6.97. The molecule has 0 saturated carbocycles. The highest BCUT2D eigenvalue weighted by Gasteiger charge is 2.16. The summed E-state index contributed by atoms with van der Waals surface area (Å²) in [4.78, 5) is 10.7. The Morgan fingerprint density at radius 1 is 1.60 bits per heavy atom. The Kier molecular flexibility index (Phi) is 3.68. The third-order valence-electron chi connectivity index (χ3n) is 2.15. The molecule has 0 aliphatic carbocycles.